The van der Waals surface area contributed by atoms with Gasteiger partial charge < -0.3 is 15.0 Å². The van der Waals surface area contributed by atoms with Crippen LogP contribution in [0.2, 0.25) is 0 Å². The van der Waals surface area contributed by atoms with Gasteiger partial charge in [-0.1, -0.05) is 12.1 Å². The fourth-order valence-electron chi connectivity index (χ4n) is 2.30. The minimum Gasteiger partial charge on any atom is -0.490 e. The molecular weight excluding hydrogens is 459 g/mol. The molecule has 1 aromatic carbocycles. The molecule has 7 heteroatoms. The Hall–Kier alpha value is -1.48. The van der Waals surface area contributed by atoms with Gasteiger partial charge in [-0.05, 0) is 43.0 Å². The van der Waals surface area contributed by atoms with E-state index < -0.39 is 0 Å². The van der Waals surface area contributed by atoms with Crippen LogP contribution in [0.3, 0.4) is 0 Å². The summed E-state index contributed by atoms with van der Waals surface area (Å²) in [7, 11) is 2.05. The minimum absolute atomic E-state index is 0. The lowest BCUT2D eigenvalue weighted by molar-refractivity contribution is 0.326. The van der Waals surface area contributed by atoms with Gasteiger partial charge in [0, 0.05) is 31.2 Å². The van der Waals surface area contributed by atoms with Gasteiger partial charge in [-0.3, -0.25) is 4.98 Å². The number of nitrogens with zero attached hydrogens (tertiary/aromatic N) is 3. The topological polar surface area (TPSA) is 49.8 Å². The fraction of sp³-hybridized carbons (Fsp3) is 0.368. The van der Waals surface area contributed by atoms with Crippen LogP contribution in [-0.2, 0) is 6.54 Å². The first-order chi connectivity index (χ1) is 12.2. The molecule has 0 bridgehead atoms. The molecule has 0 saturated carbocycles. The molecule has 1 heterocycles. The summed E-state index contributed by atoms with van der Waals surface area (Å²) in [5, 5.41) is 3.33. The van der Waals surface area contributed by atoms with Crippen LogP contribution in [0.5, 0.6) is 5.75 Å². The molecule has 0 atom stereocenters. The second-order valence-electron chi connectivity index (χ2n) is 5.48. The maximum Gasteiger partial charge on any atom is 0.194 e. The van der Waals surface area contributed by atoms with E-state index in [0.29, 0.717) is 13.2 Å². The lowest BCUT2D eigenvalue weighted by atomic mass is 10.2. The average Bonchev–Trinajstić information content (AvgIpc) is 2.65. The van der Waals surface area contributed by atoms with Crippen LogP contribution in [0, 0.1) is 0 Å². The molecule has 0 fully saturated rings. The zero-order chi connectivity index (χ0) is 17.9. The number of hydrogen-bond donors (Lipinski definition) is 1. The molecule has 2 aromatic rings. The molecule has 0 aliphatic carbocycles. The van der Waals surface area contributed by atoms with Crippen molar-refractivity contribution in [1.29, 1.82) is 0 Å². The highest BCUT2D eigenvalue weighted by Gasteiger charge is 2.06. The Labute approximate surface area is 177 Å². The monoisotopic (exact) mass is 486 g/mol. The second kappa shape index (κ2) is 12.8. The summed E-state index contributed by atoms with van der Waals surface area (Å²) in [5.41, 5.74) is 1.26. The predicted molar refractivity (Wildman–Crippen MR) is 121 cm³/mol. The van der Waals surface area contributed by atoms with Gasteiger partial charge in [0.2, 0.25) is 0 Å². The number of pyridine rings is 1. The van der Waals surface area contributed by atoms with Crippen LogP contribution < -0.4 is 10.1 Å². The highest BCUT2D eigenvalue weighted by atomic mass is 127. The SMILES string of the molecule is CCNC(=NCCOc1cccnc1)N(C)Cc1ccc(SC)cc1.I. The van der Waals surface area contributed by atoms with Gasteiger partial charge in [-0.25, -0.2) is 4.99 Å². The quantitative estimate of drug-likeness (QED) is 0.202. The van der Waals surface area contributed by atoms with Crippen LogP contribution in [0.1, 0.15) is 12.5 Å². The largest absolute Gasteiger partial charge is 0.490 e. The van der Waals surface area contributed by atoms with Gasteiger partial charge in [-0.15, -0.1) is 35.7 Å². The zero-order valence-electron chi connectivity index (χ0n) is 15.5. The van der Waals surface area contributed by atoms with Crippen molar-refractivity contribution >= 4 is 41.7 Å². The number of nitrogens with one attached hydrogen (secondary N) is 1. The molecule has 0 radical (unpaired) electrons. The number of rotatable bonds is 8. The van der Waals surface area contributed by atoms with Crippen molar-refractivity contribution in [2.24, 2.45) is 4.99 Å². The lowest BCUT2D eigenvalue weighted by Crippen LogP contribution is -2.38. The van der Waals surface area contributed by atoms with E-state index in [4.69, 9.17) is 4.74 Å². The van der Waals surface area contributed by atoms with Gasteiger partial charge in [0.25, 0.3) is 0 Å². The molecule has 0 amide bonds. The average molecular weight is 486 g/mol. The molecule has 142 valence electrons. The standard InChI is InChI=1S/C19H26N4OS.HI/c1-4-21-19(22-12-13-24-17-6-5-11-20-14-17)23(2)15-16-7-9-18(25-3)10-8-16;/h5-11,14H,4,12-13,15H2,1-3H3,(H,21,22);1H. The molecule has 0 unspecified atom stereocenters. The minimum atomic E-state index is 0. The number of benzene rings is 1. The fourth-order valence-corrected chi connectivity index (χ4v) is 2.71. The Bertz CT molecular complexity index is 652. The summed E-state index contributed by atoms with van der Waals surface area (Å²) < 4.78 is 5.64. The van der Waals surface area contributed by atoms with E-state index in [1.807, 2.05) is 19.2 Å². The molecule has 0 aliphatic rings. The van der Waals surface area contributed by atoms with Crippen molar-refractivity contribution in [3.63, 3.8) is 0 Å². The second-order valence-corrected chi connectivity index (χ2v) is 6.36. The van der Waals surface area contributed by atoms with Crippen molar-refractivity contribution in [3.8, 4) is 5.75 Å². The molecule has 1 aromatic heterocycles. The molecule has 0 aliphatic heterocycles. The highest BCUT2D eigenvalue weighted by molar-refractivity contribution is 14.0. The number of aromatic nitrogens is 1. The van der Waals surface area contributed by atoms with Crippen LogP contribution >= 0.6 is 35.7 Å². The predicted octanol–water partition coefficient (Wildman–Crippen LogP) is 3.90. The molecule has 5 nitrogen and oxygen atoms in total. The number of aliphatic imine (C=N–C) groups is 1. The summed E-state index contributed by atoms with van der Waals surface area (Å²) in [6, 6.07) is 12.4. The van der Waals surface area contributed by atoms with Crippen molar-refractivity contribution in [3.05, 3.63) is 54.4 Å². The molecule has 0 spiro atoms. The Balaban J connectivity index is 0.00000338. The summed E-state index contributed by atoms with van der Waals surface area (Å²) in [6.07, 6.45) is 5.53. The molecule has 0 saturated heterocycles. The Kier molecular flexibility index (Phi) is 11.1. The first kappa shape index (κ1) is 22.6. The van der Waals surface area contributed by atoms with E-state index in [0.717, 1.165) is 24.8 Å². The summed E-state index contributed by atoms with van der Waals surface area (Å²) in [4.78, 5) is 12.1. The summed E-state index contributed by atoms with van der Waals surface area (Å²) >= 11 is 1.75. The summed E-state index contributed by atoms with van der Waals surface area (Å²) in [5.74, 6) is 1.65. The molecule has 26 heavy (non-hydrogen) atoms. The number of ether oxygens (including phenoxy) is 1. The van der Waals surface area contributed by atoms with Gasteiger partial charge >= 0.3 is 0 Å². The Morgan fingerprint density at radius 3 is 2.65 bits per heavy atom. The third-order valence-electron chi connectivity index (χ3n) is 3.53. The first-order valence-electron chi connectivity index (χ1n) is 8.38. The molecule has 2 rings (SSSR count). The molecule has 1 N–H and O–H groups in total. The number of hydrogen-bond acceptors (Lipinski definition) is 4. The van der Waals surface area contributed by atoms with Gasteiger partial charge in [0.1, 0.15) is 12.4 Å². The summed E-state index contributed by atoms with van der Waals surface area (Å²) in [6.45, 7) is 4.83. The maximum absolute atomic E-state index is 5.64. The van der Waals surface area contributed by atoms with Crippen LogP contribution in [0.15, 0.2) is 58.7 Å². The Morgan fingerprint density at radius 1 is 1.27 bits per heavy atom. The third kappa shape index (κ3) is 7.82. The van der Waals surface area contributed by atoms with Crippen molar-refractivity contribution in [1.82, 2.24) is 15.2 Å². The van der Waals surface area contributed by atoms with Crippen molar-refractivity contribution in [2.45, 2.75) is 18.4 Å². The number of guanidine groups is 1. The van der Waals surface area contributed by atoms with Crippen LogP contribution in [0.4, 0.5) is 0 Å². The third-order valence-corrected chi connectivity index (χ3v) is 4.27. The van der Waals surface area contributed by atoms with Crippen molar-refractivity contribution < 1.29 is 4.74 Å². The van der Waals surface area contributed by atoms with Crippen LogP contribution in [-0.4, -0.2) is 48.8 Å². The highest BCUT2D eigenvalue weighted by Crippen LogP contribution is 2.15. The lowest BCUT2D eigenvalue weighted by Gasteiger charge is -2.22. The van der Waals surface area contributed by atoms with Gasteiger partial charge in [0.15, 0.2) is 5.96 Å². The van der Waals surface area contributed by atoms with E-state index in [9.17, 15) is 0 Å². The smallest absolute Gasteiger partial charge is 0.194 e. The number of thioether (sulfide) groups is 1. The van der Waals surface area contributed by atoms with Crippen LogP contribution in [0.25, 0.3) is 0 Å². The van der Waals surface area contributed by atoms with E-state index in [1.54, 1.807) is 24.2 Å². The van der Waals surface area contributed by atoms with E-state index in [-0.39, 0.29) is 24.0 Å². The number of halogens is 1. The molecular formula is C19H27IN4OS. The Morgan fingerprint density at radius 2 is 2.04 bits per heavy atom. The van der Waals surface area contributed by atoms with Crippen molar-refractivity contribution in [2.75, 3.05) is 33.0 Å². The van der Waals surface area contributed by atoms with E-state index in [1.165, 1.54) is 10.5 Å². The van der Waals surface area contributed by atoms with E-state index >= 15 is 0 Å². The normalized spacial score (nSPS) is 10.8. The van der Waals surface area contributed by atoms with E-state index in [2.05, 4.69) is 57.6 Å². The van der Waals surface area contributed by atoms with Gasteiger partial charge in [0.05, 0.1) is 12.7 Å². The maximum atomic E-state index is 5.64. The van der Waals surface area contributed by atoms with Gasteiger partial charge in [-0.2, -0.15) is 0 Å². The first-order valence-corrected chi connectivity index (χ1v) is 9.60. The zero-order valence-corrected chi connectivity index (χ0v) is 18.7.